The number of rotatable bonds is 6. The van der Waals surface area contributed by atoms with Crippen LogP contribution < -0.4 is 15.1 Å². The molecule has 0 heterocycles. The largest absolute Gasteiger partial charge is 0.324 e. The van der Waals surface area contributed by atoms with Crippen LogP contribution in [0.3, 0.4) is 0 Å². The van der Waals surface area contributed by atoms with Gasteiger partial charge in [0.15, 0.2) is 0 Å². The van der Waals surface area contributed by atoms with Crippen molar-refractivity contribution in [2.24, 2.45) is 0 Å². The van der Waals surface area contributed by atoms with Gasteiger partial charge in [-0.25, -0.2) is 0 Å². The zero-order valence-corrected chi connectivity index (χ0v) is 16.9. The smallest absolute Gasteiger partial charge is 0.0812 e. The molecule has 0 aliphatic carbocycles. The molecule has 0 aromatic heterocycles. The molecule has 0 N–H and O–H groups in total. The Kier molecular flexibility index (Phi) is 6.51. The number of nitrogens with zero attached hydrogens (tertiary/aromatic N) is 1. The first-order valence-corrected chi connectivity index (χ1v) is 10.4. The van der Waals surface area contributed by atoms with Gasteiger partial charge < -0.3 is 4.44 Å². The Labute approximate surface area is 162 Å². The van der Waals surface area contributed by atoms with Crippen LogP contribution in [0.15, 0.2) is 79.4 Å². The van der Waals surface area contributed by atoms with Crippen LogP contribution in [0.25, 0.3) is 6.08 Å². The summed E-state index contributed by atoms with van der Waals surface area (Å²) in [6, 6.07) is 24.6. The quantitative estimate of drug-likeness (QED) is 0.437. The summed E-state index contributed by atoms with van der Waals surface area (Å²) in [5.74, 6) is 0. The Balaban J connectivity index is 2.00. The van der Waals surface area contributed by atoms with Gasteiger partial charge in [-0.3, -0.25) is 0 Å². The van der Waals surface area contributed by atoms with E-state index in [0.717, 1.165) is 11.3 Å². The van der Waals surface area contributed by atoms with E-state index in [1.54, 1.807) is 6.08 Å². The van der Waals surface area contributed by atoms with Crippen LogP contribution in [0.1, 0.15) is 5.56 Å². The van der Waals surface area contributed by atoms with Crippen LogP contribution in [-0.4, -0.2) is 0 Å². The molecule has 2 unspecified atom stereocenters. The fourth-order valence-electron chi connectivity index (χ4n) is 2.34. The number of hydrogen-bond acceptors (Lipinski definition) is 1. The topological polar surface area (TPSA) is 3.24 Å². The molecule has 0 fully saturated rings. The summed E-state index contributed by atoms with van der Waals surface area (Å²) in [5.41, 5.74) is 1.79. The van der Waals surface area contributed by atoms with Crippen molar-refractivity contribution in [3.8, 4) is 0 Å². The van der Waals surface area contributed by atoms with E-state index in [1.807, 2.05) is 24.3 Å². The molecule has 0 saturated heterocycles. The average Bonchev–Trinajstić information content (AvgIpc) is 2.62. The van der Waals surface area contributed by atoms with Crippen molar-refractivity contribution in [2.75, 3.05) is 4.44 Å². The zero-order valence-electron chi connectivity index (χ0n) is 13.4. The summed E-state index contributed by atoms with van der Waals surface area (Å²) in [4.78, 5) is 0. The van der Waals surface area contributed by atoms with Crippen LogP contribution in [0.5, 0.6) is 0 Å². The molecule has 2 atom stereocenters. The summed E-state index contributed by atoms with van der Waals surface area (Å²) in [5, 5.41) is 3.78. The number of halogens is 2. The first kappa shape index (κ1) is 18.4. The third-order valence-electron chi connectivity index (χ3n) is 3.53. The maximum atomic E-state index is 6.58. The average molecular weight is 404 g/mol. The van der Waals surface area contributed by atoms with E-state index in [-0.39, 0.29) is 0 Å². The van der Waals surface area contributed by atoms with Crippen molar-refractivity contribution < 1.29 is 0 Å². The molecule has 0 spiro atoms. The van der Waals surface area contributed by atoms with Gasteiger partial charge in [0.05, 0.1) is 15.7 Å². The van der Waals surface area contributed by atoms with Crippen molar-refractivity contribution in [3.63, 3.8) is 0 Å². The number of hydrogen-bond donors (Lipinski definition) is 0. The normalized spacial score (nSPS) is 11.4. The van der Waals surface area contributed by atoms with Crippen molar-refractivity contribution in [1.82, 2.24) is 0 Å². The molecular formula is C20H17Cl2NP2. The van der Waals surface area contributed by atoms with E-state index in [2.05, 4.69) is 59.6 Å². The van der Waals surface area contributed by atoms with Gasteiger partial charge in [0.1, 0.15) is 0 Å². The van der Waals surface area contributed by atoms with Crippen LogP contribution in [-0.2, 0) is 0 Å². The molecular weight excluding hydrogens is 387 g/mol. The minimum atomic E-state index is 0.440. The van der Waals surface area contributed by atoms with Crippen LogP contribution in [0.2, 0.25) is 10.0 Å². The maximum absolute atomic E-state index is 6.58. The molecule has 0 aliphatic rings. The lowest BCUT2D eigenvalue weighted by Gasteiger charge is -2.27. The number of benzene rings is 3. The highest BCUT2D eigenvalue weighted by Gasteiger charge is 2.17. The third kappa shape index (κ3) is 4.84. The van der Waals surface area contributed by atoms with Gasteiger partial charge in [0, 0.05) is 17.5 Å². The Bertz CT molecular complexity index is 790. The van der Waals surface area contributed by atoms with Gasteiger partial charge in [0.2, 0.25) is 0 Å². The third-order valence-corrected chi connectivity index (χ3v) is 6.85. The van der Waals surface area contributed by atoms with Crippen LogP contribution >= 0.6 is 40.7 Å². The molecule has 0 aliphatic heterocycles. The highest BCUT2D eigenvalue weighted by molar-refractivity contribution is 7.67. The minimum Gasteiger partial charge on any atom is -0.324 e. The molecule has 3 aromatic carbocycles. The monoisotopic (exact) mass is 403 g/mol. The second kappa shape index (κ2) is 8.84. The molecule has 126 valence electrons. The first-order valence-electron chi connectivity index (χ1n) is 7.72. The van der Waals surface area contributed by atoms with E-state index in [9.17, 15) is 0 Å². The van der Waals surface area contributed by atoms with Gasteiger partial charge in [-0.1, -0.05) is 96.5 Å². The van der Waals surface area contributed by atoms with Crippen molar-refractivity contribution in [2.45, 2.75) is 0 Å². The fraction of sp³-hybridized carbons (Fsp3) is 0. The Hall–Kier alpha value is -1.36. The predicted octanol–water partition coefficient (Wildman–Crippen LogP) is 6.28. The van der Waals surface area contributed by atoms with Gasteiger partial charge >= 0.3 is 0 Å². The van der Waals surface area contributed by atoms with Crippen molar-refractivity contribution in [1.29, 1.82) is 0 Å². The van der Waals surface area contributed by atoms with E-state index in [4.69, 9.17) is 23.2 Å². The summed E-state index contributed by atoms with van der Waals surface area (Å²) < 4.78 is 2.27. The highest BCUT2D eigenvalue weighted by Crippen LogP contribution is 2.46. The summed E-state index contributed by atoms with van der Waals surface area (Å²) in [7, 11) is 0.879. The van der Waals surface area contributed by atoms with E-state index in [0.29, 0.717) is 27.5 Å². The first-order chi connectivity index (χ1) is 12.2. The molecule has 0 radical (unpaired) electrons. The summed E-state index contributed by atoms with van der Waals surface area (Å²) >= 11 is 13.2. The molecule has 25 heavy (non-hydrogen) atoms. The Morgan fingerprint density at radius 1 is 0.760 bits per heavy atom. The second-order valence-electron chi connectivity index (χ2n) is 5.33. The number of anilines is 1. The van der Waals surface area contributed by atoms with E-state index < -0.39 is 0 Å². The molecule has 3 rings (SSSR count). The lowest BCUT2D eigenvalue weighted by molar-refractivity contribution is 1.57. The Morgan fingerprint density at radius 2 is 1.20 bits per heavy atom. The van der Waals surface area contributed by atoms with Crippen molar-refractivity contribution >= 4 is 63.0 Å². The molecule has 0 bridgehead atoms. The minimum absolute atomic E-state index is 0.440. The van der Waals surface area contributed by atoms with E-state index >= 15 is 0 Å². The summed E-state index contributed by atoms with van der Waals surface area (Å²) in [6.45, 7) is 3.80. The molecule has 1 nitrogen and oxygen atoms in total. The SMILES string of the molecule is C=Cc1cc(Cl)c(N(Pc2ccccc2)Pc2ccccc2)c(Cl)c1. The second-order valence-corrected chi connectivity index (χ2v) is 9.09. The van der Waals surface area contributed by atoms with Crippen molar-refractivity contribution in [3.05, 3.63) is 95.0 Å². The van der Waals surface area contributed by atoms with E-state index in [1.165, 1.54) is 10.6 Å². The van der Waals surface area contributed by atoms with Gasteiger partial charge in [-0.15, -0.1) is 0 Å². The standard InChI is InChI=1S/C20H17Cl2NP2/c1-2-15-13-18(21)20(19(22)14-15)23(24-16-9-5-3-6-10-16)25-17-11-7-4-8-12-17/h2-14,24-25H,1H2. The van der Waals surface area contributed by atoms with Crippen LogP contribution in [0.4, 0.5) is 5.69 Å². The predicted molar refractivity (Wildman–Crippen MR) is 118 cm³/mol. The summed E-state index contributed by atoms with van der Waals surface area (Å²) in [6.07, 6.45) is 1.75. The molecule has 0 amide bonds. The highest BCUT2D eigenvalue weighted by atomic mass is 35.5. The fourth-order valence-corrected chi connectivity index (χ4v) is 6.20. The van der Waals surface area contributed by atoms with Gasteiger partial charge in [-0.2, -0.15) is 0 Å². The lowest BCUT2D eigenvalue weighted by Crippen LogP contribution is -2.12. The van der Waals surface area contributed by atoms with Gasteiger partial charge in [-0.05, 0) is 28.3 Å². The zero-order chi connectivity index (χ0) is 17.6. The van der Waals surface area contributed by atoms with Gasteiger partial charge in [0.25, 0.3) is 0 Å². The molecule has 5 heteroatoms. The lowest BCUT2D eigenvalue weighted by atomic mass is 10.2. The maximum Gasteiger partial charge on any atom is 0.0812 e. The molecule has 0 saturated carbocycles. The Morgan fingerprint density at radius 3 is 1.60 bits per heavy atom. The van der Waals surface area contributed by atoms with Crippen LogP contribution in [0, 0.1) is 0 Å². The molecule has 3 aromatic rings.